The number of rotatable bonds is 10. The topological polar surface area (TPSA) is 109 Å². The van der Waals surface area contributed by atoms with E-state index in [2.05, 4.69) is 0 Å². The fourth-order valence-electron chi connectivity index (χ4n) is 3.33. The molecular formula is C23H30O7. The minimum atomic E-state index is -1.41. The Hall–Kier alpha value is -2.00. The highest BCUT2D eigenvalue weighted by atomic mass is 16.7. The number of aliphatic hydroxyl groups excluding tert-OH is 4. The van der Waals surface area contributed by atoms with E-state index < -0.39 is 37.3 Å². The van der Waals surface area contributed by atoms with Crippen LogP contribution in [-0.2, 0) is 22.5 Å². The number of hydrogen-bond donors (Lipinski definition) is 4. The minimum Gasteiger partial charge on any atom is -0.489 e. The molecule has 1 saturated heterocycles. The van der Waals surface area contributed by atoms with Gasteiger partial charge in [0.15, 0.2) is 6.29 Å². The number of unbranched alkanes of at least 4 members (excludes halogenated alkanes) is 1. The molecule has 0 saturated carbocycles. The third kappa shape index (κ3) is 6.25. The Kier molecular flexibility index (Phi) is 8.62. The minimum absolute atomic E-state index is 0.334. The first-order valence-corrected chi connectivity index (χ1v) is 10.3. The van der Waals surface area contributed by atoms with Crippen LogP contribution in [0.4, 0.5) is 0 Å². The highest BCUT2D eigenvalue weighted by molar-refractivity contribution is 5.27. The van der Waals surface area contributed by atoms with Crippen molar-refractivity contribution < 1.29 is 34.6 Å². The molecule has 30 heavy (non-hydrogen) atoms. The molecule has 0 bridgehead atoms. The summed E-state index contributed by atoms with van der Waals surface area (Å²) in [6.07, 6.45) is -3.67. The lowest BCUT2D eigenvalue weighted by atomic mass is 9.99. The monoisotopic (exact) mass is 418 g/mol. The third-order valence-electron chi connectivity index (χ3n) is 5.16. The predicted molar refractivity (Wildman–Crippen MR) is 110 cm³/mol. The van der Waals surface area contributed by atoms with Crippen molar-refractivity contribution >= 4 is 0 Å². The van der Waals surface area contributed by atoms with Gasteiger partial charge in [-0.15, -0.1) is 0 Å². The van der Waals surface area contributed by atoms with Gasteiger partial charge < -0.3 is 34.6 Å². The van der Waals surface area contributed by atoms with Crippen molar-refractivity contribution in [3.8, 4) is 5.75 Å². The Balaban J connectivity index is 1.34. The molecule has 0 aromatic heterocycles. The highest BCUT2D eigenvalue weighted by Gasteiger charge is 2.43. The normalized spacial score (nSPS) is 26.5. The molecule has 2 aromatic rings. The molecule has 1 fully saturated rings. The smallest absolute Gasteiger partial charge is 0.186 e. The average Bonchev–Trinajstić information content (AvgIpc) is 2.79. The van der Waals surface area contributed by atoms with E-state index in [0.29, 0.717) is 13.2 Å². The summed E-state index contributed by atoms with van der Waals surface area (Å²) in [4.78, 5) is 0. The van der Waals surface area contributed by atoms with E-state index in [1.807, 2.05) is 54.6 Å². The van der Waals surface area contributed by atoms with Crippen LogP contribution in [0, 0.1) is 0 Å². The van der Waals surface area contributed by atoms with Crippen molar-refractivity contribution in [2.24, 2.45) is 0 Å². The Morgan fingerprint density at radius 3 is 2.23 bits per heavy atom. The largest absolute Gasteiger partial charge is 0.489 e. The molecule has 0 amide bonds. The van der Waals surface area contributed by atoms with E-state index in [9.17, 15) is 20.4 Å². The van der Waals surface area contributed by atoms with Crippen LogP contribution >= 0.6 is 0 Å². The maximum Gasteiger partial charge on any atom is 0.186 e. The highest BCUT2D eigenvalue weighted by Crippen LogP contribution is 2.22. The van der Waals surface area contributed by atoms with E-state index >= 15 is 0 Å². The van der Waals surface area contributed by atoms with E-state index in [0.717, 1.165) is 30.6 Å². The molecule has 0 spiro atoms. The number of benzene rings is 2. The van der Waals surface area contributed by atoms with Gasteiger partial charge in [0, 0.05) is 6.61 Å². The van der Waals surface area contributed by atoms with Crippen LogP contribution in [0.2, 0.25) is 0 Å². The molecule has 4 N–H and O–H groups in total. The quantitative estimate of drug-likeness (QED) is 0.432. The summed E-state index contributed by atoms with van der Waals surface area (Å²) in [6, 6.07) is 18.0. The molecule has 164 valence electrons. The Bertz CT molecular complexity index is 735. The number of aryl methyl sites for hydroxylation is 1. The van der Waals surface area contributed by atoms with Gasteiger partial charge in [0.2, 0.25) is 0 Å². The van der Waals surface area contributed by atoms with Crippen molar-refractivity contribution in [2.75, 3.05) is 13.2 Å². The van der Waals surface area contributed by atoms with Crippen LogP contribution < -0.4 is 4.74 Å². The molecule has 7 heteroatoms. The fraction of sp³-hybridized carbons (Fsp3) is 0.478. The molecule has 2 aromatic carbocycles. The van der Waals surface area contributed by atoms with Gasteiger partial charge in [-0.3, -0.25) is 0 Å². The molecule has 1 heterocycles. The number of aliphatic hydroxyl groups is 4. The maximum absolute atomic E-state index is 9.94. The predicted octanol–water partition coefficient (Wildman–Crippen LogP) is 1.40. The third-order valence-corrected chi connectivity index (χ3v) is 5.16. The van der Waals surface area contributed by atoms with Crippen LogP contribution in [0.1, 0.15) is 24.0 Å². The molecule has 1 aliphatic rings. The van der Waals surface area contributed by atoms with Crippen LogP contribution in [0.5, 0.6) is 5.75 Å². The second-order valence-corrected chi connectivity index (χ2v) is 7.44. The molecule has 7 nitrogen and oxygen atoms in total. The lowest BCUT2D eigenvalue weighted by molar-refractivity contribution is -0.301. The Labute approximate surface area is 176 Å². The van der Waals surface area contributed by atoms with Crippen molar-refractivity contribution in [3.05, 3.63) is 65.7 Å². The zero-order chi connectivity index (χ0) is 21.3. The van der Waals surface area contributed by atoms with Gasteiger partial charge in [0.25, 0.3) is 0 Å². The SMILES string of the molecule is OC[C@H]1O[C@@H](OCCCCc2ccc(OCc3ccccc3)cc2)[C@H](O)[C@@H](O)[C@@H]1O. The van der Waals surface area contributed by atoms with Gasteiger partial charge in [-0.2, -0.15) is 0 Å². The molecular weight excluding hydrogens is 388 g/mol. The lowest BCUT2D eigenvalue weighted by Gasteiger charge is -2.39. The van der Waals surface area contributed by atoms with Gasteiger partial charge in [0.05, 0.1) is 6.61 Å². The van der Waals surface area contributed by atoms with E-state index in [1.54, 1.807) is 0 Å². The summed E-state index contributed by atoms with van der Waals surface area (Å²) in [6.45, 7) is 0.409. The van der Waals surface area contributed by atoms with Gasteiger partial charge in [-0.25, -0.2) is 0 Å². The summed E-state index contributed by atoms with van der Waals surface area (Å²) in [5.74, 6) is 0.827. The Morgan fingerprint density at radius 1 is 0.800 bits per heavy atom. The van der Waals surface area contributed by atoms with E-state index in [4.69, 9.17) is 14.2 Å². The zero-order valence-electron chi connectivity index (χ0n) is 16.8. The molecule has 1 aliphatic heterocycles. The first kappa shape index (κ1) is 22.7. The summed E-state index contributed by atoms with van der Waals surface area (Å²) in [7, 11) is 0. The van der Waals surface area contributed by atoms with Crippen molar-refractivity contribution in [3.63, 3.8) is 0 Å². The van der Waals surface area contributed by atoms with E-state index in [1.165, 1.54) is 5.56 Å². The van der Waals surface area contributed by atoms with Crippen LogP contribution in [0.3, 0.4) is 0 Å². The standard InChI is InChI=1S/C23H30O7/c24-14-19-20(25)21(26)22(27)23(30-19)28-13-5-4-6-16-9-11-18(12-10-16)29-15-17-7-2-1-3-8-17/h1-3,7-12,19-27H,4-6,13-15H2/t19-,20-,21+,22-,23-/m1/s1. The van der Waals surface area contributed by atoms with Gasteiger partial charge in [-0.05, 0) is 42.5 Å². The zero-order valence-corrected chi connectivity index (χ0v) is 16.8. The summed E-state index contributed by atoms with van der Waals surface area (Å²) >= 11 is 0. The van der Waals surface area contributed by atoms with Gasteiger partial charge in [0.1, 0.15) is 36.8 Å². The average molecular weight is 418 g/mol. The van der Waals surface area contributed by atoms with Crippen molar-refractivity contribution in [2.45, 2.75) is 56.6 Å². The molecule has 5 atom stereocenters. The summed E-state index contributed by atoms with van der Waals surface area (Å²) < 4.78 is 16.6. The maximum atomic E-state index is 9.94. The molecule has 0 radical (unpaired) electrons. The van der Waals surface area contributed by atoms with Crippen LogP contribution in [0.15, 0.2) is 54.6 Å². The van der Waals surface area contributed by atoms with Gasteiger partial charge in [-0.1, -0.05) is 42.5 Å². The fourth-order valence-corrected chi connectivity index (χ4v) is 3.33. The Morgan fingerprint density at radius 2 is 1.53 bits per heavy atom. The number of ether oxygens (including phenoxy) is 3. The van der Waals surface area contributed by atoms with Gasteiger partial charge >= 0.3 is 0 Å². The lowest BCUT2D eigenvalue weighted by Crippen LogP contribution is -2.59. The molecule has 0 aliphatic carbocycles. The van der Waals surface area contributed by atoms with Crippen LogP contribution in [0.25, 0.3) is 0 Å². The second kappa shape index (κ2) is 11.4. The van der Waals surface area contributed by atoms with Crippen molar-refractivity contribution in [1.29, 1.82) is 0 Å². The second-order valence-electron chi connectivity index (χ2n) is 7.44. The van der Waals surface area contributed by atoms with E-state index in [-0.39, 0.29) is 0 Å². The summed E-state index contributed by atoms with van der Waals surface area (Å²) in [5.41, 5.74) is 2.32. The molecule has 0 unspecified atom stereocenters. The van der Waals surface area contributed by atoms with Crippen LogP contribution in [-0.4, -0.2) is 64.3 Å². The first-order valence-electron chi connectivity index (χ1n) is 10.3. The summed E-state index contributed by atoms with van der Waals surface area (Å²) in [5, 5.41) is 38.7. The van der Waals surface area contributed by atoms with Crippen molar-refractivity contribution in [1.82, 2.24) is 0 Å². The first-order chi connectivity index (χ1) is 14.6. The number of hydrogen-bond acceptors (Lipinski definition) is 7. The molecule has 3 rings (SSSR count).